The third kappa shape index (κ3) is 8.52. The number of rotatable bonds is 2. The van der Waals surface area contributed by atoms with Gasteiger partial charge in [0, 0.05) is 0 Å². The van der Waals surface area contributed by atoms with E-state index in [4.69, 9.17) is 0 Å². The molecule has 0 bridgehead atoms. The monoisotopic (exact) mass is 297 g/mol. The molecule has 0 amide bonds. The van der Waals surface area contributed by atoms with Crippen LogP contribution in [0.2, 0.25) is 0 Å². The van der Waals surface area contributed by atoms with Crippen molar-refractivity contribution in [3.05, 3.63) is 0 Å². The van der Waals surface area contributed by atoms with Crippen LogP contribution in [0.4, 0.5) is 0 Å². The van der Waals surface area contributed by atoms with Gasteiger partial charge < -0.3 is 0 Å². The molecule has 0 unspecified atom stereocenters. The second-order valence-electron chi connectivity index (χ2n) is 3.47. The van der Waals surface area contributed by atoms with Gasteiger partial charge in [0.05, 0.1) is 0 Å². The van der Waals surface area contributed by atoms with E-state index in [0.717, 1.165) is 6.54 Å². The van der Waals surface area contributed by atoms with E-state index < -0.39 is 0 Å². The van der Waals surface area contributed by atoms with Gasteiger partial charge in [-0.25, -0.2) is 0 Å². The molecule has 0 aromatic heterocycles. The summed E-state index contributed by atoms with van der Waals surface area (Å²) in [5.41, 5.74) is 0.413. The maximum atomic E-state index is 3.34. The first-order valence-electron chi connectivity index (χ1n) is 3.16. The molecule has 0 rings (SSSR count). The van der Waals surface area contributed by atoms with Crippen LogP contribution in [-0.2, 0) is 19.4 Å². The number of hydrogen-bond acceptors (Lipinski definition) is 1. The van der Waals surface area contributed by atoms with Gasteiger partial charge in [0.2, 0.25) is 0 Å². The first-order chi connectivity index (χ1) is 3.92. The summed E-state index contributed by atoms with van der Waals surface area (Å²) in [5.74, 6) is 0. The van der Waals surface area contributed by atoms with E-state index in [0.29, 0.717) is 5.41 Å². The van der Waals surface area contributed by atoms with Gasteiger partial charge in [0.15, 0.2) is 0 Å². The molecule has 0 saturated carbocycles. The fourth-order valence-corrected chi connectivity index (χ4v) is 0.649. The Morgan fingerprint density at radius 2 is 1.89 bits per heavy atom. The van der Waals surface area contributed by atoms with E-state index in [1.807, 2.05) is 0 Å². The Morgan fingerprint density at radius 3 is 2.00 bits per heavy atom. The molecule has 1 N–H and O–H groups in total. The Morgan fingerprint density at radius 1 is 1.44 bits per heavy atom. The van der Waals surface area contributed by atoms with Gasteiger partial charge in [0.1, 0.15) is 0 Å². The van der Waals surface area contributed by atoms with Gasteiger partial charge >= 0.3 is 68.3 Å². The zero-order valence-corrected chi connectivity index (χ0v) is 9.55. The Balaban J connectivity index is 3.39. The quantitative estimate of drug-likeness (QED) is 0.810. The van der Waals surface area contributed by atoms with Crippen molar-refractivity contribution in [2.75, 3.05) is 6.54 Å². The molecule has 0 aliphatic carbocycles. The summed E-state index contributed by atoms with van der Waals surface area (Å²) in [7, 11) is 0. The first kappa shape index (κ1) is 9.52. The average Bonchev–Trinajstić information content (AvgIpc) is 1.59. The van der Waals surface area contributed by atoms with Crippen LogP contribution in [0.3, 0.4) is 0 Å². The zero-order chi connectivity index (χ0) is 7.49. The van der Waals surface area contributed by atoms with Gasteiger partial charge in [-0.3, -0.25) is 0 Å². The Labute approximate surface area is 68.6 Å². The van der Waals surface area contributed by atoms with Crippen molar-refractivity contribution >= 4 is 4.02 Å². The number of nitrogens with one attached hydrogen (secondary N) is 1. The van der Waals surface area contributed by atoms with Gasteiger partial charge in [0.25, 0.3) is 0 Å². The van der Waals surface area contributed by atoms with Crippen molar-refractivity contribution in [1.82, 2.24) is 5.32 Å². The minimum absolute atomic E-state index is 0.413. The molecule has 1 nitrogen and oxygen atoms in total. The molecule has 9 heavy (non-hydrogen) atoms. The van der Waals surface area contributed by atoms with Crippen LogP contribution < -0.4 is 5.32 Å². The van der Waals surface area contributed by atoms with Gasteiger partial charge in [-0.1, -0.05) is 0 Å². The van der Waals surface area contributed by atoms with Gasteiger partial charge in [-0.2, -0.15) is 0 Å². The molecule has 0 fully saturated rings. The molecule has 0 saturated heterocycles. The predicted molar refractivity (Wildman–Crippen MR) is 38.1 cm³/mol. The molecule has 0 radical (unpaired) electrons. The van der Waals surface area contributed by atoms with Crippen LogP contribution >= 0.6 is 0 Å². The standard InChI is InChI=1S/C7H15N.W/c1-5-8-6-7(2,3)4;/h8H,6H2,1-4H3;. The van der Waals surface area contributed by atoms with Crippen LogP contribution in [0.15, 0.2) is 0 Å². The SMILES string of the molecule is C[C](=[W])NCC(C)(C)C. The molecule has 2 heteroatoms. The van der Waals surface area contributed by atoms with Crippen molar-refractivity contribution in [2.45, 2.75) is 27.7 Å². The molecule has 54 valence electrons. The molecule has 0 heterocycles. The second-order valence-corrected chi connectivity index (χ2v) is 5.67. The fraction of sp³-hybridized carbons (Fsp3) is 0.857. The third-order valence-corrected chi connectivity index (χ3v) is 1.39. The molecule has 0 aromatic carbocycles. The molecule has 0 aliphatic heterocycles. The predicted octanol–water partition coefficient (Wildman–Crippen LogP) is 1.32. The molecule has 0 atom stereocenters. The fourth-order valence-electron chi connectivity index (χ4n) is 0.390. The van der Waals surface area contributed by atoms with E-state index in [1.54, 1.807) is 0 Å². The first-order valence-corrected chi connectivity index (χ1v) is 4.63. The second kappa shape index (κ2) is 3.63. The molecular weight excluding hydrogens is 282 g/mol. The third-order valence-electron chi connectivity index (χ3n) is 0.868. The molecule has 0 aliphatic rings. The summed E-state index contributed by atoms with van der Waals surface area (Å²) in [6.45, 7) is 9.91. The topological polar surface area (TPSA) is 12.0 Å². The van der Waals surface area contributed by atoms with Crippen molar-refractivity contribution in [3.8, 4) is 0 Å². The molecular formula is C7H15NW. The summed E-state index contributed by atoms with van der Waals surface area (Å²) >= 11 is 1.54. The Kier molecular flexibility index (Phi) is 3.84. The zero-order valence-electron chi connectivity index (χ0n) is 6.62. The molecule has 0 spiro atoms. The Bertz CT molecular complexity index is 102. The summed E-state index contributed by atoms with van der Waals surface area (Å²) in [5, 5.41) is 3.34. The van der Waals surface area contributed by atoms with Crippen molar-refractivity contribution in [2.24, 2.45) is 5.41 Å². The maximum absolute atomic E-state index is 3.34. The Hall–Kier alpha value is 0.518. The number of hydrogen-bond donors (Lipinski definition) is 1. The average molecular weight is 297 g/mol. The van der Waals surface area contributed by atoms with Crippen LogP contribution in [0.1, 0.15) is 27.7 Å². The van der Waals surface area contributed by atoms with Crippen LogP contribution in [-0.4, -0.2) is 10.6 Å². The summed E-state index contributed by atoms with van der Waals surface area (Å²) in [6.07, 6.45) is 0. The van der Waals surface area contributed by atoms with Gasteiger partial charge in [-0.05, 0) is 0 Å². The van der Waals surface area contributed by atoms with Crippen LogP contribution in [0.25, 0.3) is 0 Å². The summed E-state index contributed by atoms with van der Waals surface area (Å²) in [4.78, 5) is 0. The summed E-state index contributed by atoms with van der Waals surface area (Å²) < 4.78 is 1.38. The van der Waals surface area contributed by atoms with E-state index >= 15 is 0 Å². The van der Waals surface area contributed by atoms with E-state index in [1.165, 1.54) is 23.4 Å². The van der Waals surface area contributed by atoms with Crippen LogP contribution in [0, 0.1) is 5.41 Å². The molecule has 0 aromatic rings. The van der Waals surface area contributed by atoms with Crippen molar-refractivity contribution < 1.29 is 19.4 Å². The van der Waals surface area contributed by atoms with Crippen molar-refractivity contribution in [3.63, 3.8) is 0 Å². The van der Waals surface area contributed by atoms with E-state index in [9.17, 15) is 0 Å². The van der Waals surface area contributed by atoms with E-state index in [2.05, 4.69) is 33.0 Å². The summed E-state index contributed by atoms with van der Waals surface area (Å²) in [6, 6.07) is 0. The van der Waals surface area contributed by atoms with Crippen LogP contribution in [0.5, 0.6) is 0 Å². The van der Waals surface area contributed by atoms with Crippen molar-refractivity contribution in [1.29, 1.82) is 0 Å². The van der Waals surface area contributed by atoms with Gasteiger partial charge in [-0.15, -0.1) is 0 Å². The minimum atomic E-state index is 0.413. The normalized spacial score (nSPS) is 11.6. The van der Waals surface area contributed by atoms with E-state index in [-0.39, 0.29) is 0 Å².